The van der Waals surface area contributed by atoms with Crippen molar-refractivity contribution in [2.24, 2.45) is 0 Å². The summed E-state index contributed by atoms with van der Waals surface area (Å²) < 4.78 is 5.97. The average molecular weight is 359 g/mol. The van der Waals surface area contributed by atoms with E-state index >= 15 is 0 Å². The van der Waals surface area contributed by atoms with E-state index in [0.717, 1.165) is 12.1 Å². The summed E-state index contributed by atoms with van der Waals surface area (Å²) in [6.45, 7) is 1.43. The number of likely N-dealkylation sites (N-methyl/N-ethyl adjacent to an activating group) is 2. The van der Waals surface area contributed by atoms with E-state index in [1.54, 1.807) is 14.1 Å². The molecule has 0 aromatic heterocycles. The van der Waals surface area contributed by atoms with Crippen LogP contribution in [0.2, 0.25) is 0 Å². The Morgan fingerprint density at radius 1 is 1.23 bits per heavy atom. The molecule has 26 heavy (non-hydrogen) atoms. The van der Waals surface area contributed by atoms with Gasteiger partial charge in [0.15, 0.2) is 6.10 Å². The molecule has 2 amide bonds. The zero-order valence-corrected chi connectivity index (χ0v) is 15.7. The van der Waals surface area contributed by atoms with Crippen LogP contribution in [0.4, 0.5) is 0 Å². The van der Waals surface area contributed by atoms with Crippen molar-refractivity contribution < 1.29 is 14.3 Å². The third kappa shape index (κ3) is 4.07. The minimum atomic E-state index is -0.582. The molecule has 1 aromatic rings. The number of morpholine rings is 1. The standard InChI is InChI=1S/C20H29N3O3/c1-21-17(24)14-22(2)20(25)19-18(15-8-4-3-5-9-15)23(12-13-26-19)16-10-6-7-11-16/h3-5,8-9,16,18-19H,6-7,10-14H2,1-2H3,(H,21,24)/t18-,19+/m0/s1. The van der Waals surface area contributed by atoms with E-state index in [9.17, 15) is 9.59 Å². The molecule has 2 fully saturated rings. The molecule has 1 heterocycles. The summed E-state index contributed by atoms with van der Waals surface area (Å²) in [5.74, 6) is -0.314. The summed E-state index contributed by atoms with van der Waals surface area (Å²) >= 11 is 0. The second-order valence-electron chi connectivity index (χ2n) is 7.19. The van der Waals surface area contributed by atoms with Crippen molar-refractivity contribution in [3.8, 4) is 0 Å². The molecule has 1 aliphatic carbocycles. The van der Waals surface area contributed by atoms with Crippen LogP contribution < -0.4 is 5.32 Å². The molecular formula is C20H29N3O3. The second-order valence-corrected chi connectivity index (χ2v) is 7.19. The number of ether oxygens (including phenoxy) is 1. The Labute approximate surface area is 155 Å². The molecule has 6 nitrogen and oxygen atoms in total. The van der Waals surface area contributed by atoms with Crippen molar-refractivity contribution in [1.82, 2.24) is 15.1 Å². The van der Waals surface area contributed by atoms with Crippen molar-refractivity contribution in [3.63, 3.8) is 0 Å². The quantitative estimate of drug-likeness (QED) is 0.867. The first kappa shape index (κ1) is 18.9. The van der Waals surface area contributed by atoms with Gasteiger partial charge in [-0.05, 0) is 18.4 Å². The highest BCUT2D eigenvalue weighted by molar-refractivity contribution is 5.87. The minimum Gasteiger partial charge on any atom is -0.365 e. The van der Waals surface area contributed by atoms with Gasteiger partial charge in [-0.25, -0.2) is 0 Å². The van der Waals surface area contributed by atoms with Crippen LogP contribution in [-0.4, -0.2) is 67.6 Å². The maximum absolute atomic E-state index is 13.1. The van der Waals surface area contributed by atoms with Crippen molar-refractivity contribution in [1.29, 1.82) is 0 Å². The zero-order chi connectivity index (χ0) is 18.5. The summed E-state index contributed by atoms with van der Waals surface area (Å²) in [6, 6.07) is 10.5. The fraction of sp³-hybridized carbons (Fsp3) is 0.600. The van der Waals surface area contributed by atoms with Gasteiger partial charge in [-0.2, -0.15) is 0 Å². The summed E-state index contributed by atoms with van der Waals surface area (Å²) in [6.07, 6.45) is 4.27. The highest BCUT2D eigenvalue weighted by Crippen LogP contribution is 2.36. The Bertz CT molecular complexity index is 616. The Kier molecular flexibility index (Phi) is 6.27. The van der Waals surface area contributed by atoms with E-state index in [-0.39, 0.29) is 24.4 Å². The summed E-state index contributed by atoms with van der Waals surface area (Å²) in [4.78, 5) is 28.7. The van der Waals surface area contributed by atoms with E-state index in [0.29, 0.717) is 12.6 Å². The molecule has 1 aromatic carbocycles. The summed E-state index contributed by atoms with van der Waals surface area (Å²) in [7, 11) is 3.24. The molecule has 0 spiro atoms. The molecule has 0 bridgehead atoms. The maximum Gasteiger partial charge on any atom is 0.253 e. The lowest BCUT2D eigenvalue weighted by atomic mass is 9.95. The van der Waals surface area contributed by atoms with E-state index in [4.69, 9.17) is 4.74 Å². The lowest BCUT2D eigenvalue weighted by Crippen LogP contribution is -2.55. The first-order chi connectivity index (χ1) is 12.6. The number of hydrogen-bond donors (Lipinski definition) is 1. The Morgan fingerprint density at radius 3 is 2.58 bits per heavy atom. The molecule has 1 N–H and O–H groups in total. The van der Waals surface area contributed by atoms with Crippen molar-refractivity contribution >= 4 is 11.8 Å². The van der Waals surface area contributed by atoms with Crippen molar-refractivity contribution in [3.05, 3.63) is 35.9 Å². The minimum absolute atomic E-state index is 0.0418. The maximum atomic E-state index is 13.1. The molecule has 142 valence electrons. The van der Waals surface area contributed by atoms with Gasteiger partial charge in [0.2, 0.25) is 5.91 Å². The van der Waals surface area contributed by atoms with Crippen LogP contribution in [0.1, 0.15) is 37.3 Å². The van der Waals surface area contributed by atoms with Gasteiger partial charge in [0.25, 0.3) is 5.91 Å². The van der Waals surface area contributed by atoms with Gasteiger partial charge in [0, 0.05) is 26.7 Å². The number of carbonyl (C=O) groups is 2. The van der Waals surface area contributed by atoms with Gasteiger partial charge < -0.3 is 15.0 Å². The van der Waals surface area contributed by atoms with Gasteiger partial charge >= 0.3 is 0 Å². The zero-order valence-electron chi connectivity index (χ0n) is 15.7. The second kappa shape index (κ2) is 8.64. The monoisotopic (exact) mass is 359 g/mol. The molecule has 1 saturated heterocycles. The predicted octanol–water partition coefficient (Wildman–Crippen LogP) is 1.58. The van der Waals surface area contributed by atoms with Gasteiger partial charge in [0.05, 0.1) is 19.2 Å². The average Bonchev–Trinajstić information content (AvgIpc) is 3.22. The number of benzene rings is 1. The van der Waals surface area contributed by atoms with Crippen LogP contribution in [0.15, 0.2) is 30.3 Å². The lowest BCUT2D eigenvalue weighted by Gasteiger charge is -2.44. The first-order valence-electron chi connectivity index (χ1n) is 9.49. The number of nitrogens with one attached hydrogen (secondary N) is 1. The highest BCUT2D eigenvalue weighted by Gasteiger charge is 2.42. The first-order valence-corrected chi connectivity index (χ1v) is 9.49. The predicted molar refractivity (Wildman–Crippen MR) is 99.6 cm³/mol. The van der Waals surface area contributed by atoms with E-state index in [1.807, 2.05) is 18.2 Å². The van der Waals surface area contributed by atoms with Crippen LogP contribution in [0.25, 0.3) is 0 Å². The fourth-order valence-corrected chi connectivity index (χ4v) is 4.15. The summed E-state index contributed by atoms with van der Waals surface area (Å²) in [5, 5.41) is 2.57. The van der Waals surface area contributed by atoms with Crippen LogP contribution in [-0.2, 0) is 14.3 Å². The smallest absolute Gasteiger partial charge is 0.253 e. The molecular weight excluding hydrogens is 330 g/mol. The van der Waals surface area contributed by atoms with Crippen molar-refractivity contribution in [2.75, 3.05) is 33.8 Å². The van der Waals surface area contributed by atoms with Crippen LogP contribution in [0.3, 0.4) is 0 Å². The molecule has 1 saturated carbocycles. The van der Waals surface area contributed by atoms with E-state index < -0.39 is 6.10 Å². The van der Waals surface area contributed by atoms with Crippen LogP contribution >= 0.6 is 0 Å². The van der Waals surface area contributed by atoms with Crippen LogP contribution in [0, 0.1) is 0 Å². The molecule has 1 aliphatic heterocycles. The molecule has 0 unspecified atom stereocenters. The Balaban J connectivity index is 1.86. The SMILES string of the molecule is CNC(=O)CN(C)C(=O)[C@@H]1OCCN(C2CCCC2)[C@H]1c1ccccc1. The van der Waals surface area contributed by atoms with E-state index in [2.05, 4.69) is 22.3 Å². The molecule has 0 radical (unpaired) electrons. The topological polar surface area (TPSA) is 61.9 Å². The number of rotatable bonds is 5. The van der Waals surface area contributed by atoms with Crippen molar-refractivity contribution in [2.45, 2.75) is 43.9 Å². The third-order valence-electron chi connectivity index (χ3n) is 5.51. The molecule has 3 rings (SSSR count). The van der Waals surface area contributed by atoms with Crippen LogP contribution in [0.5, 0.6) is 0 Å². The lowest BCUT2D eigenvalue weighted by molar-refractivity contribution is -0.159. The molecule has 2 atom stereocenters. The fourth-order valence-electron chi connectivity index (χ4n) is 4.15. The number of hydrogen-bond acceptors (Lipinski definition) is 4. The number of amides is 2. The number of carbonyl (C=O) groups excluding carboxylic acids is 2. The number of nitrogens with zero attached hydrogens (tertiary/aromatic N) is 2. The summed E-state index contributed by atoms with van der Waals surface area (Å²) in [5.41, 5.74) is 1.10. The largest absolute Gasteiger partial charge is 0.365 e. The van der Waals surface area contributed by atoms with Gasteiger partial charge in [-0.1, -0.05) is 43.2 Å². The van der Waals surface area contributed by atoms with Gasteiger partial charge in [-0.3, -0.25) is 14.5 Å². The Morgan fingerprint density at radius 2 is 1.92 bits per heavy atom. The van der Waals surface area contributed by atoms with Gasteiger partial charge in [0.1, 0.15) is 0 Å². The van der Waals surface area contributed by atoms with E-state index in [1.165, 1.54) is 30.6 Å². The molecule has 2 aliphatic rings. The third-order valence-corrected chi connectivity index (χ3v) is 5.51. The highest BCUT2D eigenvalue weighted by atomic mass is 16.5. The Hall–Kier alpha value is -1.92. The molecule has 6 heteroatoms. The normalized spacial score (nSPS) is 24.4. The van der Waals surface area contributed by atoms with Gasteiger partial charge in [-0.15, -0.1) is 0 Å².